The third kappa shape index (κ3) is 4.09. The van der Waals surface area contributed by atoms with Gasteiger partial charge in [-0.15, -0.1) is 23.1 Å². The molecule has 1 saturated heterocycles. The lowest BCUT2D eigenvalue weighted by Crippen LogP contribution is -2.71. The van der Waals surface area contributed by atoms with E-state index in [0.29, 0.717) is 0 Å². The highest BCUT2D eigenvalue weighted by atomic mass is 32.2. The number of fused-ring (bicyclic) bond motifs is 1. The van der Waals surface area contributed by atoms with Gasteiger partial charge in [0.1, 0.15) is 36.5 Å². The minimum absolute atomic E-state index is 0.0611. The fourth-order valence-corrected chi connectivity index (χ4v) is 4.71. The van der Waals surface area contributed by atoms with Crippen LogP contribution in [0.25, 0.3) is 0 Å². The summed E-state index contributed by atoms with van der Waals surface area (Å²) in [5.41, 5.74) is 4.90. The van der Waals surface area contributed by atoms with Crippen molar-refractivity contribution in [2.75, 3.05) is 25.1 Å². The van der Waals surface area contributed by atoms with Crippen LogP contribution in [-0.4, -0.2) is 75.3 Å². The molecular formula is C16H17N5O7S2. The summed E-state index contributed by atoms with van der Waals surface area (Å²) >= 11 is 2.13. The molecule has 3 rings (SSSR count). The van der Waals surface area contributed by atoms with Crippen LogP contribution in [0.5, 0.6) is 0 Å². The molecule has 160 valence electrons. The van der Waals surface area contributed by atoms with Crippen molar-refractivity contribution in [3.63, 3.8) is 0 Å². The Balaban J connectivity index is 1.80. The molecule has 2 aliphatic heterocycles. The van der Waals surface area contributed by atoms with Crippen molar-refractivity contribution in [1.82, 2.24) is 15.2 Å². The number of carbonyl (C=O) groups is 4. The van der Waals surface area contributed by atoms with E-state index in [0.717, 1.165) is 28.0 Å². The molecule has 12 nitrogen and oxygen atoms in total. The number of ether oxygens (including phenoxy) is 1. The molecule has 1 aromatic rings. The van der Waals surface area contributed by atoms with E-state index >= 15 is 0 Å². The summed E-state index contributed by atoms with van der Waals surface area (Å²) in [4.78, 5) is 57.6. The van der Waals surface area contributed by atoms with Crippen molar-refractivity contribution in [2.24, 2.45) is 5.16 Å². The zero-order valence-electron chi connectivity index (χ0n) is 18.3. The number of nitrogens with two attached hydrogens (primary N) is 1. The molecule has 0 saturated carbocycles. The minimum atomic E-state index is -2.94. The quantitative estimate of drug-likeness (QED) is 0.157. The van der Waals surface area contributed by atoms with E-state index in [1.807, 2.05) is 0 Å². The van der Waals surface area contributed by atoms with E-state index in [9.17, 15) is 24.3 Å². The first-order valence-electron chi connectivity index (χ1n) is 9.71. The van der Waals surface area contributed by atoms with Gasteiger partial charge in [0, 0.05) is 23.6 Å². The maximum Gasteiger partial charge on any atom is 0.352 e. The first-order valence-corrected chi connectivity index (χ1v) is 10.1. The van der Waals surface area contributed by atoms with Crippen LogP contribution < -0.4 is 11.1 Å². The van der Waals surface area contributed by atoms with Crippen LogP contribution in [0.1, 0.15) is 16.7 Å². The van der Waals surface area contributed by atoms with E-state index in [-0.39, 0.29) is 34.5 Å². The number of amides is 2. The number of aliphatic carboxylic acids is 1. The standard InChI is InChI=1S/C16H17N5O7S2/c1-6(22)28-3-7-4-29-14-10(13(24)21(14)11(7)15(25)26)19-12(23)9(20-27-2)8-5-30-16(17)18-8/h5,10,14H,3-4H2,1-2H3,(H2,17,18)(H,19,23)(H,25,26)/b20-9-/t10-,14-/m1/s1/i2+1D3. The van der Waals surface area contributed by atoms with Crippen molar-refractivity contribution in [1.29, 1.82) is 0 Å². The molecule has 2 aliphatic rings. The van der Waals surface area contributed by atoms with Crippen LogP contribution in [0.15, 0.2) is 21.8 Å². The van der Waals surface area contributed by atoms with Gasteiger partial charge >= 0.3 is 11.9 Å². The summed E-state index contributed by atoms with van der Waals surface area (Å²) in [5, 5.41) is 16.0. The number of carboxylic acids is 1. The second-order valence-electron chi connectivity index (χ2n) is 6.00. The second kappa shape index (κ2) is 8.71. The molecule has 1 aromatic heterocycles. The van der Waals surface area contributed by atoms with Gasteiger partial charge in [0.15, 0.2) is 10.8 Å². The first-order chi connectivity index (χ1) is 15.4. The normalized spacial score (nSPS) is 22.8. The van der Waals surface area contributed by atoms with Gasteiger partial charge in [-0.05, 0) is 0 Å². The van der Waals surface area contributed by atoms with E-state index in [1.54, 1.807) is 0 Å². The topological polar surface area (TPSA) is 174 Å². The van der Waals surface area contributed by atoms with Gasteiger partial charge in [0.2, 0.25) is 0 Å². The average molecular weight is 459 g/mol. The molecule has 0 radical (unpaired) electrons. The Kier molecular flexibility index (Phi) is 5.14. The van der Waals surface area contributed by atoms with Crippen molar-refractivity contribution >= 4 is 57.7 Å². The van der Waals surface area contributed by atoms with E-state index in [4.69, 9.17) is 14.6 Å². The maximum atomic E-state index is 12.8. The Bertz CT molecular complexity index is 1070. The van der Waals surface area contributed by atoms with Crippen LogP contribution in [0.2, 0.25) is 0 Å². The minimum Gasteiger partial charge on any atom is -0.477 e. The molecule has 2 amide bonds. The first kappa shape index (κ1) is 17.7. The number of hydrogen-bond acceptors (Lipinski definition) is 11. The van der Waals surface area contributed by atoms with Gasteiger partial charge in [0.05, 0.1) is 4.11 Å². The predicted molar refractivity (Wildman–Crippen MR) is 106 cm³/mol. The van der Waals surface area contributed by atoms with Crippen LogP contribution in [-0.2, 0) is 28.8 Å². The number of thioether (sulfide) groups is 1. The molecule has 0 unspecified atom stereocenters. The number of aromatic nitrogens is 1. The summed E-state index contributed by atoms with van der Waals surface area (Å²) < 4.78 is 26.1. The molecule has 0 aliphatic carbocycles. The fraction of sp³-hybridized carbons (Fsp3) is 0.375. The molecule has 4 N–H and O–H groups in total. The number of nitrogens with one attached hydrogen (secondary N) is 1. The van der Waals surface area contributed by atoms with Crippen molar-refractivity contribution in [3.05, 3.63) is 22.3 Å². The Morgan fingerprint density at radius 3 is 2.90 bits per heavy atom. The molecule has 0 aromatic carbocycles. The third-order valence-electron chi connectivity index (χ3n) is 4.10. The predicted octanol–water partition coefficient (Wildman–Crippen LogP) is -0.622. The van der Waals surface area contributed by atoms with Crippen LogP contribution in [0.4, 0.5) is 5.13 Å². The number of rotatable bonds is 7. The van der Waals surface area contributed by atoms with Crippen LogP contribution >= 0.6 is 23.1 Å². The van der Waals surface area contributed by atoms with E-state index in [2.05, 4.69) is 20.3 Å². The van der Waals surface area contributed by atoms with Crippen molar-refractivity contribution < 1.29 is 38.0 Å². The molecule has 30 heavy (non-hydrogen) atoms. The molecular weight excluding hydrogens is 439 g/mol. The maximum absolute atomic E-state index is 12.8. The molecule has 1 fully saturated rings. The van der Waals surface area contributed by atoms with Crippen LogP contribution in [0, 0.1) is 0 Å². The molecule has 3 heterocycles. The Morgan fingerprint density at radius 2 is 2.30 bits per heavy atom. The number of oxime groups is 1. The lowest BCUT2D eigenvalue weighted by Gasteiger charge is -2.49. The average Bonchev–Trinajstić information content (AvgIpc) is 3.14. The number of esters is 1. The number of carbonyl (C=O) groups excluding carboxylic acids is 3. The van der Waals surface area contributed by atoms with Crippen molar-refractivity contribution in [3.8, 4) is 0 Å². The fourth-order valence-electron chi connectivity index (χ4n) is 2.84. The molecule has 14 heteroatoms. The highest BCUT2D eigenvalue weighted by Gasteiger charge is 2.54. The van der Waals surface area contributed by atoms with Gasteiger partial charge < -0.3 is 25.7 Å². The number of anilines is 1. The summed E-state index contributed by atoms with van der Waals surface area (Å²) in [6.45, 7) is 0.886. The van der Waals surface area contributed by atoms with Crippen molar-refractivity contribution in [2.45, 2.75) is 18.3 Å². The largest absolute Gasteiger partial charge is 0.477 e. The number of nitrogen functional groups attached to an aromatic ring is 1. The molecule has 0 spiro atoms. The van der Waals surface area contributed by atoms with Gasteiger partial charge in [-0.3, -0.25) is 19.3 Å². The van der Waals surface area contributed by atoms with E-state index < -0.39 is 47.9 Å². The SMILES string of the molecule is [2H][13C]([2H])([2H])O/N=C(\C(=O)N[C@@H]1C(=O)N2C(C(=O)O)=C(COC(C)=O)CS[C@H]12)c1csc(N)n1. The van der Waals surface area contributed by atoms with Gasteiger partial charge in [-0.2, -0.15) is 0 Å². The number of carboxylic acid groups (broad SMARTS) is 1. The van der Waals surface area contributed by atoms with Gasteiger partial charge in [-0.1, -0.05) is 5.16 Å². The number of hydrogen-bond donors (Lipinski definition) is 3. The monoisotopic (exact) mass is 459 g/mol. The number of thiazole rings is 1. The zero-order chi connectivity index (χ0) is 24.5. The van der Waals surface area contributed by atoms with Gasteiger partial charge in [0.25, 0.3) is 11.8 Å². The Labute approximate surface area is 182 Å². The lowest BCUT2D eigenvalue weighted by atomic mass is 10.0. The Morgan fingerprint density at radius 1 is 1.53 bits per heavy atom. The second-order valence-corrected chi connectivity index (χ2v) is 8.00. The molecule has 2 atom stereocenters. The van der Waals surface area contributed by atoms with Gasteiger partial charge in [-0.25, -0.2) is 9.78 Å². The Hall–Kier alpha value is -3.13. The third-order valence-corrected chi connectivity index (χ3v) is 6.12. The smallest absolute Gasteiger partial charge is 0.352 e. The summed E-state index contributed by atoms with van der Waals surface area (Å²) in [5.74, 6) is -3.52. The van der Waals surface area contributed by atoms with Crippen LogP contribution in [0.3, 0.4) is 0 Å². The summed E-state index contributed by atoms with van der Waals surface area (Å²) in [6, 6.07) is -1.12. The highest BCUT2D eigenvalue weighted by molar-refractivity contribution is 8.00. The lowest BCUT2D eigenvalue weighted by molar-refractivity contribution is -0.150. The number of nitrogens with zero attached hydrogens (tertiary/aromatic N) is 3. The summed E-state index contributed by atoms with van der Waals surface area (Å²) in [6.07, 6.45) is 0. The molecule has 0 bridgehead atoms. The zero-order valence-corrected chi connectivity index (χ0v) is 16.9. The highest BCUT2D eigenvalue weighted by Crippen LogP contribution is 2.40. The number of β-lactam (4-membered cyclic amide) rings is 1. The van der Waals surface area contributed by atoms with E-state index in [1.165, 1.54) is 12.3 Å². The summed E-state index contributed by atoms with van der Waals surface area (Å²) in [7, 11) is -2.94.